The zero-order valence-corrected chi connectivity index (χ0v) is 20.4. The van der Waals surface area contributed by atoms with Gasteiger partial charge < -0.3 is 24.7 Å². The van der Waals surface area contributed by atoms with E-state index >= 15 is 0 Å². The quantitative estimate of drug-likeness (QED) is 0.417. The topological polar surface area (TPSA) is 139 Å². The summed E-state index contributed by atoms with van der Waals surface area (Å²) in [5, 5.41) is 22.7. The third kappa shape index (κ3) is 3.33. The molecule has 4 atom stereocenters. The van der Waals surface area contributed by atoms with Gasteiger partial charge in [0.15, 0.2) is 11.4 Å². The molecule has 2 aromatic rings. The van der Waals surface area contributed by atoms with Crippen LogP contribution in [0.25, 0.3) is 0 Å². The normalized spacial score (nSPS) is 25.8. The fourth-order valence-corrected chi connectivity index (χ4v) is 5.63. The van der Waals surface area contributed by atoms with Gasteiger partial charge in [0.1, 0.15) is 22.1 Å². The van der Waals surface area contributed by atoms with Crippen LogP contribution in [-0.2, 0) is 9.59 Å². The number of amides is 1. The van der Waals surface area contributed by atoms with Gasteiger partial charge in [-0.1, -0.05) is 30.7 Å². The maximum absolute atomic E-state index is 14.3. The summed E-state index contributed by atoms with van der Waals surface area (Å²) in [6.45, 7) is 1.70. The SMILES string of the molecule is COc1cc(OC)c2c(c1Cl)OC1(C(=O)C3=C(CC1C)NC(=O)CC3c1cccc([NH+]([O-])O)c1)C2=O. The summed E-state index contributed by atoms with van der Waals surface area (Å²) < 4.78 is 16.9. The number of nitrogens with one attached hydrogen (secondary N) is 2. The van der Waals surface area contributed by atoms with Crippen molar-refractivity contribution in [3.63, 3.8) is 0 Å². The molecule has 188 valence electrons. The van der Waals surface area contributed by atoms with Crippen LogP contribution in [0.5, 0.6) is 17.2 Å². The van der Waals surface area contributed by atoms with Gasteiger partial charge in [-0.25, -0.2) is 5.21 Å². The fourth-order valence-electron chi connectivity index (χ4n) is 5.36. The Bertz CT molecular complexity index is 1350. The van der Waals surface area contributed by atoms with E-state index in [0.29, 0.717) is 11.3 Å². The third-order valence-electron chi connectivity index (χ3n) is 7.09. The minimum atomic E-state index is -1.92. The van der Waals surface area contributed by atoms with Crippen LogP contribution < -0.4 is 24.8 Å². The fraction of sp³-hybridized carbons (Fsp3) is 0.320. The van der Waals surface area contributed by atoms with Gasteiger partial charge in [0.05, 0.1) is 14.2 Å². The minimum absolute atomic E-state index is 0.00591. The van der Waals surface area contributed by atoms with Crippen LogP contribution in [0.3, 0.4) is 0 Å². The monoisotopic (exact) mass is 514 g/mol. The smallest absolute Gasteiger partial charge is 0.236 e. The molecule has 4 unspecified atom stereocenters. The zero-order valence-electron chi connectivity index (χ0n) is 19.6. The number of allylic oxidation sites excluding steroid dienone is 1. The number of ether oxygens (including phenoxy) is 3. The Kier molecular flexibility index (Phi) is 5.79. The summed E-state index contributed by atoms with van der Waals surface area (Å²) in [6.07, 6.45) is 0.0931. The van der Waals surface area contributed by atoms with Crippen LogP contribution in [0.2, 0.25) is 5.02 Å². The van der Waals surface area contributed by atoms with Gasteiger partial charge in [0.25, 0.3) is 0 Å². The number of halogens is 1. The number of benzene rings is 2. The van der Waals surface area contributed by atoms with Crippen LogP contribution in [0.4, 0.5) is 5.69 Å². The molecule has 2 aromatic carbocycles. The molecule has 0 radical (unpaired) electrons. The van der Waals surface area contributed by atoms with Crippen LogP contribution in [-0.4, -0.2) is 42.5 Å². The van der Waals surface area contributed by atoms with E-state index in [1.165, 1.54) is 32.4 Å². The highest BCUT2D eigenvalue weighted by molar-refractivity contribution is 6.36. The van der Waals surface area contributed by atoms with Crippen molar-refractivity contribution in [3.8, 4) is 17.2 Å². The van der Waals surface area contributed by atoms with E-state index in [1.807, 2.05) is 0 Å². The van der Waals surface area contributed by atoms with Gasteiger partial charge in [-0.05, 0) is 12.0 Å². The standard InChI is InChI=1S/C25H23ClN2O8/c1-11-7-15-19(14(9-18(29)27-15)12-5-4-6-13(8-12)28(32)33)23(30)25(11)24(31)20-16(34-2)10-17(35-3)21(26)22(20)36-25/h4-6,8,10-11,14,28,32H,7,9H2,1-3H3,(H,27,29). The van der Waals surface area contributed by atoms with Gasteiger partial charge in [-0.15, -0.1) is 0 Å². The molecule has 1 aliphatic carbocycles. The second-order valence-electron chi connectivity index (χ2n) is 9.03. The molecule has 36 heavy (non-hydrogen) atoms. The predicted octanol–water partition coefficient (Wildman–Crippen LogP) is 2.24. The van der Waals surface area contributed by atoms with E-state index in [2.05, 4.69) is 5.32 Å². The number of ketones is 2. The Morgan fingerprint density at radius 3 is 2.53 bits per heavy atom. The molecular formula is C25H23ClN2O8. The first kappa shape index (κ1) is 24.3. The molecular weight excluding hydrogens is 492 g/mol. The Balaban J connectivity index is 1.66. The summed E-state index contributed by atoms with van der Waals surface area (Å²) in [7, 11) is 2.79. The van der Waals surface area contributed by atoms with Gasteiger partial charge in [0, 0.05) is 47.7 Å². The molecule has 0 saturated heterocycles. The molecule has 1 amide bonds. The summed E-state index contributed by atoms with van der Waals surface area (Å²) in [5.41, 5.74) is -0.736. The molecule has 2 heterocycles. The number of rotatable bonds is 4. The second kappa shape index (κ2) is 8.59. The van der Waals surface area contributed by atoms with Crippen molar-refractivity contribution in [2.45, 2.75) is 31.3 Å². The molecule has 11 heteroatoms. The lowest BCUT2D eigenvalue weighted by Gasteiger charge is -2.41. The molecule has 0 bridgehead atoms. The van der Waals surface area contributed by atoms with Crippen molar-refractivity contribution in [1.82, 2.24) is 5.32 Å². The van der Waals surface area contributed by atoms with Crippen molar-refractivity contribution in [2.75, 3.05) is 14.2 Å². The maximum Gasteiger partial charge on any atom is 0.236 e. The number of hydrogen-bond donors (Lipinski definition) is 3. The molecule has 0 saturated carbocycles. The van der Waals surface area contributed by atoms with Crippen molar-refractivity contribution in [1.29, 1.82) is 0 Å². The summed E-state index contributed by atoms with van der Waals surface area (Å²) in [4.78, 5) is 40.8. The molecule has 5 rings (SSSR count). The van der Waals surface area contributed by atoms with Crippen LogP contribution in [0.15, 0.2) is 41.6 Å². The van der Waals surface area contributed by atoms with Gasteiger partial charge >= 0.3 is 0 Å². The van der Waals surface area contributed by atoms with Gasteiger partial charge in [0.2, 0.25) is 23.1 Å². The van der Waals surface area contributed by atoms with E-state index in [1.54, 1.807) is 19.1 Å². The second-order valence-corrected chi connectivity index (χ2v) is 9.41. The van der Waals surface area contributed by atoms with E-state index in [9.17, 15) is 24.8 Å². The van der Waals surface area contributed by atoms with E-state index in [0.717, 1.165) is 0 Å². The lowest BCUT2D eigenvalue weighted by Crippen LogP contribution is -2.99. The average molecular weight is 515 g/mol. The largest absolute Gasteiger partial charge is 0.595 e. The van der Waals surface area contributed by atoms with Crippen LogP contribution in [0.1, 0.15) is 41.6 Å². The summed E-state index contributed by atoms with van der Waals surface area (Å²) >= 11 is 6.48. The molecule has 3 aliphatic rings. The van der Waals surface area contributed by atoms with Gasteiger partial charge in [-0.2, -0.15) is 5.23 Å². The van der Waals surface area contributed by atoms with E-state index in [-0.39, 0.29) is 57.8 Å². The lowest BCUT2D eigenvalue weighted by atomic mass is 9.66. The average Bonchev–Trinajstić information content (AvgIpc) is 3.17. The first-order valence-electron chi connectivity index (χ1n) is 11.2. The first-order valence-corrected chi connectivity index (χ1v) is 11.6. The van der Waals surface area contributed by atoms with Crippen molar-refractivity contribution in [2.24, 2.45) is 5.92 Å². The number of carbonyl (C=O) groups excluding carboxylic acids is 3. The molecule has 0 fully saturated rings. The number of methoxy groups -OCH3 is 2. The third-order valence-corrected chi connectivity index (χ3v) is 7.45. The van der Waals surface area contributed by atoms with E-state index < -0.39 is 34.2 Å². The lowest BCUT2D eigenvalue weighted by molar-refractivity contribution is -0.991. The molecule has 1 spiro atoms. The van der Waals surface area contributed by atoms with Crippen molar-refractivity contribution < 1.29 is 39.0 Å². The first-order chi connectivity index (χ1) is 17.1. The minimum Gasteiger partial charge on any atom is -0.595 e. The molecule has 3 N–H and O–H groups in total. The van der Waals surface area contributed by atoms with Crippen LogP contribution >= 0.6 is 11.6 Å². The molecule has 0 aromatic heterocycles. The molecule has 10 nitrogen and oxygen atoms in total. The number of hydrogen-bond acceptors (Lipinski definition) is 8. The number of fused-ring (bicyclic) bond motifs is 1. The summed E-state index contributed by atoms with van der Waals surface area (Å²) in [5.74, 6) is -2.50. The highest BCUT2D eigenvalue weighted by Crippen LogP contribution is 2.55. The Morgan fingerprint density at radius 1 is 1.14 bits per heavy atom. The molecule has 2 aliphatic heterocycles. The number of carbonyl (C=O) groups is 3. The maximum atomic E-state index is 14.3. The van der Waals surface area contributed by atoms with E-state index in [4.69, 9.17) is 25.8 Å². The zero-order chi connectivity index (χ0) is 25.9. The summed E-state index contributed by atoms with van der Waals surface area (Å²) in [6, 6.07) is 7.55. The highest BCUT2D eigenvalue weighted by Gasteiger charge is 2.63. The van der Waals surface area contributed by atoms with Gasteiger partial charge in [-0.3, -0.25) is 14.4 Å². The Morgan fingerprint density at radius 2 is 1.86 bits per heavy atom. The number of Topliss-reactive ketones (excluding diaryl/α,β-unsaturated/α-hetero) is 2. The van der Waals surface area contributed by atoms with Crippen molar-refractivity contribution >= 4 is 34.8 Å². The highest BCUT2D eigenvalue weighted by atomic mass is 35.5. The Hall–Kier alpha value is -3.44. The number of quaternary nitrogens is 1. The predicted molar refractivity (Wildman–Crippen MR) is 126 cm³/mol. The van der Waals surface area contributed by atoms with Crippen molar-refractivity contribution in [3.05, 3.63) is 63.0 Å². The van der Waals surface area contributed by atoms with Crippen LogP contribution in [0, 0.1) is 11.1 Å². The Labute approximate surface area is 210 Å².